The molecule has 3 aromatic rings. The first-order valence-corrected chi connectivity index (χ1v) is 14.8. The van der Waals surface area contributed by atoms with Crippen molar-refractivity contribution in [3.05, 3.63) is 101 Å². The first-order chi connectivity index (χ1) is 19.6. The smallest absolute Gasteiger partial charge is 0.227 e. The molecule has 3 aromatic carbocycles. The number of amides is 1. The van der Waals surface area contributed by atoms with Crippen LogP contribution in [0.5, 0.6) is 5.75 Å². The maximum absolute atomic E-state index is 14.1. The summed E-state index contributed by atoms with van der Waals surface area (Å²) in [5, 5.41) is 3.63. The Bertz CT molecular complexity index is 1350. The van der Waals surface area contributed by atoms with Gasteiger partial charge in [-0.15, -0.1) is 0 Å². The predicted octanol–water partition coefficient (Wildman–Crippen LogP) is 8.35. The van der Waals surface area contributed by atoms with Crippen molar-refractivity contribution in [1.29, 1.82) is 0 Å². The SMILES string of the molecule is CCCCCC(=O)N1c2ccccc2NC2=C(C(=O)C[C@@H](c3ccccc3)C2)[C@@H]1c1ccc(OCCCC)cc1. The number of hydrogen-bond acceptors (Lipinski definition) is 4. The minimum atomic E-state index is -0.505. The molecule has 208 valence electrons. The summed E-state index contributed by atoms with van der Waals surface area (Å²) in [7, 11) is 0. The number of carbonyl (C=O) groups is 2. The average Bonchev–Trinajstić information content (AvgIpc) is 3.13. The molecular formula is C35H40N2O3. The zero-order valence-electron chi connectivity index (χ0n) is 23.7. The van der Waals surface area contributed by atoms with Gasteiger partial charge in [0, 0.05) is 24.1 Å². The second-order valence-electron chi connectivity index (χ2n) is 10.9. The highest BCUT2D eigenvalue weighted by atomic mass is 16.5. The fourth-order valence-electron chi connectivity index (χ4n) is 5.87. The van der Waals surface area contributed by atoms with E-state index in [1.807, 2.05) is 71.6 Å². The van der Waals surface area contributed by atoms with Gasteiger partial charge in [0.1, 0.15) is 5.75 Å². The normalized spacial score (nSPS) is 18.4. The van der Waals surface area contributed by atoms with E-state index < -0.39 is 6.04 Å². The summed E-state index contributed by atoms with van der Waals surface area (Å²) in [6.45, 7) is 4.96. The number of ketones is 1. The summed E-state index contributed by atoms with van der Waals surface area (Å²) in [5.74, 6) is 1.03. The van der Waals surface area contributed by atoms with Crippen LogP contribution in [0.4, 0.5) is 11.4 Å². The number of allylic oxidation sites excluding steroid dienone is 1. The lowest BCUT2D eigenvalue weighted by molar-refractivity contribution is -0.119. The molecule has 1 heterocycles. The summed E-state index contributed by atoms with van der Waals surface area (Å²) in [6, 6.07) is 25.7. The molecule has 5 nitrogen and oxygen atoms in total. The van der Waals surface area contributed by atoms with Crippen LogP contribution in [0.1, 0.15) is 88.3 Å². The number of para-hydroxylation sites is 2. The lowest BCUT2D eigenvalue weighted by Gasteiger charge is -2.35. The number of ether oxygens (including phenoxy) is 1. The maximum Gasteiger partial charge on any atom is 0.227 e. The molecule has 2 aliphatic rings. The molecular weight excluding hydrogens is 496 g/mol. The number of rotatable bonds is 10. The predicted molar refractivity (Wildman–Crippen MR) is 162 cm³/mol. The Kier molecular flexibility index (Phi) is 9.00. The minimum Gasteiger partial charge on any atom is -0.494 e. The summed E-state index contributed by atoms with van der Waals surface area (Å²) >= 11 is 0. The zero-order chi connectivity index (χ0) is 27.9. The van der Waals surface area contributed by atoms with Gasteiger partial charge in [-0.2, -0.15) is 0 Å². The maximum atomic E-state index is 14.1. The minimum absolute atomic E-state index is 0.0442. The molecule has 2 atom stereocenters. The summed E-state index contributed by atoms with van der Waals surface area (Å²) in [6.07, 6.45) is 6.53. The third-order valence-electron chi connectivity index (χ3n) is 7.98. The summed E-state index contributed by atoms with van der Waals surface area (Å²) < 4.78 is 5.93. The number of nitrogens with one attached hydrogen (secondary N) is 1. The molecule has 1 aliphatic heterocycles. The van der Waals surface area contributed by atoms with Gasteiger partial charge in [-0.3, -0.25) is 14.5 Å². The number of fused-ring (bicyclic) bond motifs is 1. The fourth-order valence-corrected chi connectivity index (χ4v) is 5.87. The van der Waals surface area contributed by atoms with E-state index in [9.17, 15) is 9.59 Å². The van der Waals surface area contributed by atoms with E-state index in [-0.39, 0.29) is 17.6 Å². The molecule has 5 rings (SSSR count). The fraction of sp³-hybridized carbons (Fsp3) is 0.371. The van der Waals surface area contributed by atoms with Crippen molar-refractivity contribution in [2.45, 2.75) is 77.2 Å². The van der Waals surface area contributed by atoms with Gasteiger partial charge >= 0.3 is 0 Å². The number of Topliss-reactive ketones (excluding diaryl/α,β-unsaturated/α-hetero) is 1. The number of unbranched alkanes of at least 4 members (excludes halogenated alkanes) is 3. The Morgan fingerprint density at radius 1 is 0.850 bits per heavy atom. The van der Waals surface area contributed by atoms with Crippen molar-refractivity contribution in [3.63, 3.8) is 0 Å². The van der Waals surface area contributed by atoms with Crippen LogP contribution in [0.3, 0.4) is 0 Å². The van der Waals surface area contributed by atoms with Gasteiger partial charge in [0.2, 0.25) is 5.91 Å². The number of hydrogen-bond donors (Lipinski definition) is 1. The van der Waals surface area contributed by atoms with Crippen LogP contribution in [0.15, 0.2) is 90.1 Å². The molecule has 0 spiro atoms. The molecule has 0 bridgehead atoms. The Balaban J connectivity index is 1.60. The van der Waals surface area contributed by atoms with Crippen LogP contribution < -0.4 is 15.0 Å². The molecule has 0 radical (unpaired) electrons. The molecule has 1 N–H and O–H groups in total. The second kappa shape index (κ2) is 13.0. The third-order valence-corrected chi connectivity index (χ3v) is 7.98. The first kappa shape index (κ1) is 27.7. The lowest BCUT2D eigenvalue weighted by Crippen LogP contribution is -2.38. The van der Waals surface area contributed by atoms with E-state index in [1.165, 1.54) is 5.56 Å². The molecule has 0 saturated heterocycles. The lowest BCUT2D eigenvalue weighted by atomic mass is 9.78. The quantitative estimate of drug-likeness (QED) is 0.265. The van der Waals surface area contributed by atoms with Crippen molar-refractivity contribution in [2.24, 2.45) is 0 Å². The van der Waals surface area contributed by atoms with E-state index in [1.54, 1.807) is 0 Å². The highest BCUT2D eigenvalue weighted by molar-refractivity contribution is 6.06. The van der Waals surface area contributed by atoms with Gasteiger partial charge in [0.25, 0.3) is 0 Å². The summed E-state index contributed by atoms with van der Waals surface area (Å²) in [5.41, 5.74) is 5.38. The van der Waals surface area contributed by atoms with Gasteiger partial charge in [-0.25, -0.2) is 0 Å². The van der Waals surface area contributed by atoms with E-state index in [0.717, 1.165) is 60.5 Å². The Morgan fingerprint density at radius 3 is 2.33 bits per heavy atom. The third kappa shape index (κ3) is 5.99. The van der Waals surface area contributed by atoms with Gasteiger partial charge in [-0.05, 0) is 60.6 Å². The van der Waals surface area contributed by atoms with Gasteiger partial charge in [-0.1, -0.05) is 87.7 Å². The zero-order valence-corrected chi connectivity index (χ0v) is 23.7. The number of carbonyl (C=O) groups excluding carboxylic acids is 2. The molecule has 5 heteroatoms. The van der Waals surface area contributed by atoms with Crippen LogP contribution in [0, 0.1) is 0 Å². The van der Waals surface area contributed by atoms with Gasteiger partial charge in [0.05, 0.1) is 24.0 Å². The molecule has 40 heavy (non-hydrogen) atoms. The highest BCUT2D eigenvalue weighted by Gasteiger charge is 2.41. The van der Waals surface area contributed by atoms with Crippen LogP contribution in [-0.2, 0) is 9.59 Å². The Labute approximate surface area is 238 Å². The van der Waals surface area contributed by atoms with E-state index >= 15 is 0 Å². The van der Waals surface area contributed by atoms with Crippen LogP contribution in [0.2, 0.25) is 0 Å². The van der Waals surface area contributed by atoms with Crippen molar-refractivity contribution in [3.8, 4) is 5.75 Å². The number of nitrogens with zero attached hydrogens (tertiary/aromatic N) is 1. The highest BCUT2D eigenvalue weighted by Crippen LogP contribution is 2.47. The number of benzene rings is 3. The van der Waals surface area contributed by atoms with Crippen molar-refractivity contribution >= 4 is 23.1 Å². The van der Waals surface area contributed by atoms with Crippen LogP contribution >= 0.6 is 0 Å². The molecule has 0 aromatic heterocycles. The van der Waals surface area contributed by atoms with Gasteiger partial charge in [0.15, 0.2) is 5.78 Å². The largest absolute Gasteiger partial charge is 0.494 e. The standard InChI is InChI=1S/C35H40N2O3/c1-3-5-8-17-33(39)37-31-16-12-11-15-29(31)36-30-23-27(25-13-9-7-10-14-25)24-32(38)34(30)35(37)26-18-20-28(21-19-26)40-22-6-4-2/h7,9-16,18-21,27,35-36H,3-6,8,17,22-24H2,1-2H3/t27-,35-/m0/s1. The second-order valence-corrected chi connectivity index (χ2v) is 10.9. The van der Waals surface area contributed by atoms with Gasteiger partial charge < -0.3 is 10.1 Å². The molecule has 1 aliphatic carbocycles. The van der Waals surface area contributed by atoms with Crippen LogP contribution in [-0.4, -0.2) is 18.3 Å². The molecule has 0 saturated carbocycles. The summed E-state index contributed by atoms with van der Waals surface area (Å²) in [4.78, 5) is 30.0. The van der Waals surface area contributed by atoms with Crippen LogP contribution in [0.25, 0.3) is 0 Å². The molecule has 0 fully saturated rings. The number of anilines is 2. The molecule has 0 unspecified atom stereocenters. The Hall–Kier alpha value is -3.86. The first-order valence-electron chi connectivity index (χ1n) is 14.8. The topological polar surface area (TPSA) is 58.6 Å². The van der Waals surface area contributed by atoms with Crippen molar-refractivity contribution < 1.29 is 14.3 Å². The van der Waals surface area contributed by atoms with Crippen molar-refractivity contribution in [2.75, 3.05) is 16.8 Å². The van der Waals surface area contributed by atoms with E-state index in [2.05, 4.69) is 31.3 Å². The molecule has 1 amide bonds. The monoisotopic (exact) mass is 536 g/mol. The van der Waals surface area contributed by atoms with E-state index in [0.29, 0.717) is 31.4 Å². The average molecular weight is 537 g/mol. The van der Waals surface area contributed by atoms with Crippen molar-refractivity contribution in [1.82, 2.24) is 0 Å². The van der Waals surface area contributed by atoms with E-state index in [4.69, 9.17) is 4.74 Å². The Morgan fingerprint density at radius 2 is 1.57 bits per heavy atom.